The molecule has 0 saturated carbocycles. The van der Waals surface area contributed by atoms with Crippen molar-refractivity contribution in [3.8, 4) is 0 Å². The second-order valence-corrected chi connectivity index (χ2v) is 8.09. The van der Waals surface area contributed by atoms with Crippen LogP contribution in [0.25, 0.3) is 0 Å². The van der Waals surface area contributed by atoms with Crippen LogP contribution in [0.3, 0.4) is 0 Å². The quantitative estimate of drug-likeness (QED) is 0.811. The van der Waals surface area contributed by atoms with Crippen molar-refractivity contribution in [3.63, 3.8) is 0 Å². The molecule has 0 radical (unpaired) electrons. The molecule has 148 valence electrons. The molecule has 0 unspecified atom stereocenters. The van der Waals surface area contributed by atoms with Gasteiger partial charge in [0.15, 0.2) is 0 Å². The monoisotopic (exact) mass is 380 g/mol. The van der Waals surface area contributed by atoms with E-state index in [1.807, 2.05) is 17.0 Å². The molecule has 0 amide bonds. The number of alkyl halides is 3. The Morgan fingerprint density at radius 1 is 1.07 bits per heavy atom. The van der Waals surface area contributed by atoms with Crippen LogP contribution in [0.15, 0.2) is 36.4 Å². The van der Waals surface area contributed by atoms with Crippen molar-refractivity contribution in [3.05, 3.63) is 47.5 Å². The van der Waals surface area contributed by atoms with E-state index in [0.29, 0.717) is 25.9 Å². The first kappa shape index (κ1) is 19.0. The number of nitrogens with zero attached hydrogens (tertiary/aromatic N) is 2. The summed E-state index contributed by atoms with van der Waals surface area (Å²) in [4.78, 5) is 4.24. The molecule has 0 bridgehead atoms. The largest absolute Gasteiger partial charge is 0.390 e. The van der Waals surface area contributed by atoms with Crippen LogP contribution in [0.2, 0.25) is 0 Å². The minimum absolute atomic E-state index is 0.0205. The van der Waals surface area contributed by atoms with E-state index in [-0.39, 0.29) is 18.0 Å². The molecule has 2 heterocycles. The molecule has 1 aliphatic carbocycles. The summed E-state index contributed by atoms with van der Waals surface area (Å²) in [7, 11) is 0. The third-order valence-corrected chi connectivity index (χ3v) is 6.62. The lowest BCUT2D eigenvalue weighted by Crippen LogP contribution is -2.50. The highest BCUT2D eigenvalue weighted by atomic mass is 19.4. The Kier molecular flexibility index (Phi) is 5.08. The standard InChI is InChI=1S/C21H27F3N2O/c22-21(23,24)10-15-25-13-8-20(9-14-25)17-7-3-2-6-16(17)18(19(20)27)26-11-4-1-5-12-26/h1-4,6-7,18-19,27H,5,8-15H2/t18-,19+/m1/s1. The van der Waals surface area contributed by atoms with Crippen molar-refractivity contribution < 1.29 is 18.3 Å². The van der Waals surface area contributed by atoms with Crippen LogP contribution in [0.5, 0.6) is 0 Å². The van der Waals surface area contributed by atoms with Crippen molar-refractivity contribution >= 4 is 0 Å². The van der Waals surface area contributed by atoms with Crippen LogP contribution in [-0.4, -0.2) is 59.9 Å². The summed E-state index contributed by atoms with van der Waals surface area (Å²) >= 11 is 0. The Morgan fingerprint density at radius 3 is 2.48 bits per heavy atom. The lowest BCUT2D eigenvalue weighted by molar-refractivity contribution is -0.139. The Balaban J connectivity index is 1.54. The van der Waals surface area contributed by atoms with Crippen molar-refractivity contribution in [2.45, 2.75) is 49.4 Å². The molecule has 3 nitrogen and oxygen atoms in total. The normalized spacial score (nSPS) is 28.6. The van der Waals surface area contributed by atoms with Gasteiger partial charge in [-0.3, -0.25) is 4.90 Å². The minimum Gasteiger partial charge on any atom is -0.390 e. The van der Waals surface area contributed by atoms with Gasteiger partial charge in [-0.15, -0.1) is 0 Å². The van der Waals surface area contributed by atoms with Crippen LogP contribution in [0.4, 0.5) is 13.2 Å². The first-order valence-corrected chi connectivity index (χ1v) is 9.86. The van der Waals surface area contributed by atoms with Gasteiger partial charge in [0.2, 0.25) is 0 Å². The fourth-order valence-corrected chi connectivity index (χ4v) is 5.17. The zero-order valence-electron chi connectivity index (χ0n) is 15.5. The van der Waals surface area contributed by atoms with Crippen molar-refractivity contribution in [2.75, 3.05) is 32.7 Å². The van der Waals surface area contributed by atoms with Gasteiger partial charge < -0.3 is 10.0 Å². The predicted octanol–water partition coefficient (Wildman–Crippen LogP) is 3.65. The molecule has 2 atom stereocenters. The van der Waals surface area contributed by atoms with Gasteiger partial charge in [0, 0.05) is 25.0 Å². The summed E-state index contributed by atoms with van der Waals surface area (Å²) in [6.07, 6.45) is 1.37. The van der Waals surface area contributed by atoms with E-state index < -0.39 is 18.7 Å². The molecule has 3 aliphatic rings. The summed E-state index contributed by atoms with van der Waals surface area (Å²) in [6.45, 7) is 3.03. The molecular formula is C21H27F3N2O. The topological polar surface area (TPSA) is 26.7 Å². The summed E-state index contributed by atoms with van der Waals surface area (Å²) in [6, 6.07) is 8.25. The lowest BCUT2D eigenvalue weighted by atomic mass is 9.72. The molecule has 1 aromatic carbocycles. The number of piperidine rings is 1. The fraction of sp³-hybridized carbons (Fsp3) is 0.619. The first-order valence-electron chi connectivity index (χ1n) is 9.86. The van der Waals surface area contributed by atoms with E-state index >= 15 is 0 Å². The molecule has 6 heteroatoms. The number of hydrogen-bond donors (Lipinski definition) is 1. The van der Waals surface area contributed by atoms with Crippen LogP contribution >= 0.6 is 0 Å². The van der Waals surface area contributed by atoms with Gasteiger partial charge >= 0.3 is 6.18 Å². The highest BCUT2D eigenvalue weighted by Gasteiger charge is 2.53. The number of aliphatic hydroxyl groups excluding tert-OH is 1. The van der Waals surface area contributed by atoms with E-state index in [1.54, 1.807) is 0 Å². The van der Waals surface area contributed by atoms with Crippen molar-refractivity contribution in [2.24, 2.45) is 0 Å². The molecule has 0 aromatic heterocycles. The number of likely N-dealkylation sites (tertiary alicyclic amines) is 1. The zero-order chi connectivity index (χ0) is 19.1. The molecule has 1 saturated heterocycles. The van der Waals surface area contributed by atoms with Crippen molar-refractivity contribution in [1.29, 1.82) is 0 Å². The molecule has 1 N–H and O–H groups in total. The number of benzene rings is 1. The van der Waals surface area contributed by atoms with Gasteiger partial charge in [0.1, 0.15) is 0 Å². The summed E-state index contributed by atoms with van der Waals surface area (Å²) < 4.78 is 37.6. The summed E-state index contributed by atoms with van der Waals surface area (Å²) in [5, 5.41) is 11.4. The van der Waals surface area contributed by atoms with Gasteiger partial charge in [-0.2, -0.15) is 13.2 Å². The lowest BCUT2D eigenvalue weighted by Gasteiger charge is -2.44. The zero-order valence-corrected chi connectivity index (χ0v) is 15.5. The van der Waals surface area contributed by atoms with Crippen molar-refractivity contribution in [1.82, 2.24) is 9.80 Å². The molecule has 1 fully saturated rings. The van der Waals surface area contributed by atoms with Gasteiger partial charge in [-0.1, -0.05) is 36.4 Å². The molecular weight excluding hydrogens is 353 g/mol. The van der Waals surface area contributed by atoms with E-state index in [4.69, 9.17) is 0 Å². The molecule has 1 spiro atoms. The molecule has 4 rings (SSSR count). The van der Waals surface area contributed by atoms with Crippen LogP contribution in [0.1, 0.15) is 42.9 Å². The van der Waals surface area contributed by atoms with E-state index in [0.717, 1.165) is 19.5 Å². The summed E-state index contributed by atoms with van der Waals surface area (Å²) in [5.41, 5.74) is 2.06. The van der Waals surface area contributed by atoms with Gasteiger partial charge in [0.05, 0.1) is 18.6 Å². The van der Waals surface area contributed by atoms with Crippen LogP contribution in [-0.2, 0) is 5.41 Å². The Bertz CT molecular complexity index is 695. The molecule has 27 heavy (non-hydrogen) atoms. The highest BCUT2D eigenvalue weighted by Crippen LogP contribution is 2.53. The van der Waals surface area contributed by atoms with Gasteiger partial charge in [-0.25, -0.2) is 0 Å². The Labute approximate surface area is 158 Å². The molecule has 1 aromatic rings. The minimum atomic E-state index is -4.11. The molecule has 2 aliphatic heterocycles. The van der Waals surface area contributed by atoms with Gasteiger partial charge in [-0.05, 0) is 43.5 Å². The number of fused-ring (bicyclic) bond motifs is 2. The average Bonchev–Trinajstić information content (AvgIpc) is 2.90. The SMILES string of the molecule is O[C@H]1[C@H](N2CC=CCC2)c2ccccc2C12CCN(CCC(F)(F)F)CC2. The maximum absolute atomic E-state index is 12.5. The maximum Gasteiger partial charge on any atom is 0.390 e. The second kappa shape index (κ2) is 7.22. The number of aliphatic hydroxyl groups is 1. The summed E-state index contributed by atoms with van der Waals surface area (Å²) in [5.74, 6) is 0. The second-order valence-electron chi connectivity index (χ2n) is 8.09. The Morgan fingerprint density at radius 2 is 1.81 bits per heavy atom. The van der Waals surface area contributed by atoms with Crippen LogP contribution < -0.4 is 0 Å². The van der Waals surface area contributed by atoms with Gasteiger partial charge in [0.25, 0.3) is 0 Å². The average molecular weight is 380 g/mol. The van der Waals surface area contributed by atoms with E-state index in [2.05, 4.69) is 29.2 Å². The van der Waals surface area contributed by atoms with E-state index in [1.165, 1.54) is 11.1 Å². The highest BCUT2D eigenvalue weighted by molar-refractivity contribution is 5.45. The fourth-order valence-electron chi connectivity index (χ4n) is 5.17. The third kappa shape index (κ3) is 3.55. The first-order chi connectivity index (χ1) is 12.9. The van der Waals surface area contributed by atoms with E-state index in [9.17, 15) is 18.3 Å². The Hall–Kier alpha value is -1.37. The number of halogens is 3. The predicted molar refractivity (Wildman–Crippen MR) is 98.5 cm³/mol. The third-order valence-electron chi connectivity index (χ3n) is 6.62. The number of hydrogen-bond acceptors (Lipinski definition) is 3. The number of rotatable bonds is 3. The smallest absolute Gasteiger partial charge is 0.390 e. The maximum atomic E-state index is 12.5. The van der Waals surface area contributed by atoms with Crippen LogP contribution in [0, 0.1) is 0 Å².